The molecule has 4 heteroatoms. The van der Waals surface area contributed by atoms with Gasteiger partial charge in [0, 0.05) is 7.05 Å². The maximum atomic E-state index is 9.71. The fraction of sp³-hybridized carbons (Fsp3) is 0.571. The Morgan fingerprint density at radius 1 is 1.73 bits per heavy atom. The molecule has 0 spiro atoms. The van der Waals surface area contributed by atoms with Gasteiger partial charge in [-0.25, -0.2) is 4.98 Å². The van der Waals surface area contributed by atoms with Crippen molar-refractivity contribution in [3.63, 3.8) is 0 Å². The molecule has 0 unspecified atom stereocenters. The van der Waals surface area contributed by atoms with E-state index >= 15 is 0 Å². The van der Waals surface area contributed by atoms with Gasteiger partial charge in [0.05, 0.1) is 12.0 Å². The van der Waals surface area contributed by atoms with Crippen molar-refractivity contribution in [1.82, 2.24) is 9.55 Å². The average molecular weight is 173 g/mol. The molecule has 3 nitrogen and oxygen atoms in total. The molecule has 1 N–H and O–H groups in total. The van der Waals surface area contributed by atoms with Gasteiger partial charge in [-0.15, -0.1) is 0 Å². The van der Waals surface area contributed by atoms with Crippen molar-refractivity contribution in [1.29, 1.82) is 0 Å². The highest BCUT2D eigenvalue weighted by atomic mass is 35.5. The standard InChI is InChI=1S/C7H9ClN2O/c1-10-4-9-6(8)5(10)7(11)2-3-7/h4,11H,2-3H2,1H3. The van der Waals surface area contributed by atoms with E-state index in [1.807, 2.05) is 7.05 Å². The number of aliphatic hydroxyl groups is 1. The molecule has 60 valence electrons. The fourth-order valence-corrected chi connectivity index (χ4v) is 1.63. The molecule has 0 radical (unpaired) electrons. The summed E-state index contributed by atoms with van der Waals surface area (Å²) < 4.78 is 1.77. The van der Waals surface area contributed by atoms with Crippen molar-refractivity contribution in [2.24, 2.45) is 7.05 Å². The largest absolute Gasteiger partial charge is 0.384 e. The number of rotatable bonds is 1. The summed E-state index contributed by atoms with van der Waals surface area (Å²) >= 11 is 5.78. The first-order chi connectivity index (χ1) is 5.13. The molecular weight excluding hydrogens is 164 g/mol. The molecule has 1 aliphatic rings. The Bertz CT molecular complexity index is 271. The number of halogens is 1. The molecule has 0 atom stereocenters. The summed E-state index contributed by atoms with van der Waals surface area (Å²) in [5.74, 6) is 0. The molecule has 1 aliphatic carbocycles. The van der Waals surface area contributed by atoms with Crippen molar-refractivity contribution in [2.75, 3.05) is 0 Å². The van der Waals surface area contributed by atoms with Gasteiger partial charge >= 0.3 is 0 Å². The van der Waals surface area contributed by atoms with Crippen LogP contribution in [0.5, 0.6) is 0 Å². The quantitative estimate of drug-likeness (QED) is 0.688. The van der Waals surface area contributed by atoms with Crippen LogP contribution in [-0.4, -0.2) is 14.7 Å². The Kier molecular flexibility index (Phi) is 1.29. The van der Waals surface area contributed by atoms with E-state index in [2.05, 4.69) is 4.98 Å². The van der Waals surface area contributed by atoms with E-state index in [0.29, 0.717) is 5.15 Å². The van der Waals surface area contributed by atoms with Crippen molar-refractivity contribution in [3.05, 3.63) is 17.2 Å². The van der Waals surface area contributed by atoms with Crippen LogP contribution < -0.4 is 0 Å². The molecule has 0 aromatic carbocycles. The molecular formula is C7H9ClN2O. The number of aryl methyl sites for hydroxylation is 1. The van der Waals surface area contributed by atoms with Crippen molar-refractivity contribution in [2.45, 2.75) is 18.4 Å². The first kappa shape index (κ1) is 7.13. The summed E-state index contributed by atoms with van der Waals surface area (Å²) in [6.45, 7) is 0. The smallest absolute Gasteiger partial charge is 0.153 e. The number of hydrogen-bond acceptors (Lipinski definition) is 2. The Hall–Kier alpha value is -0.540. The Morgan fingerprint density at radius 3 is 2.73 bits per heavy atom. The summed E-state index contributed by atoms with van der Waals surface area (Å²) in [4.78, 5) is 3.89. The minimum Gasteiger partial charge on any atom is -0.384 e. The van der Waals surface area contributed by atoms with E-state index in [4.69, 9.17) is 11.6 Å². The van der Waals surface area contributed by atoms with Gasteiger partial charge in [0.25, 0.3) is 0 Å². The fourth-order valence-electron chi connectivity index (χ4n) is 1.28. The zero-order valence-electron chi connectivity index (χ0n) is 6.21. The third-order valence-electron chi connectivity index (χ3n) is 2.06. The number of aromatic nitrogens is 2. The predicted molar refractivity (Wildman–Crippen MR) is 41.3 cm³/mol. The third-order valence-corrected chi connectivity index (χ3v) is 2.33. The third kappa shape index (κ3) is 0.957. The van der Waals surface area contributed by atoms with Crippen LogP contribution >= 0.6 is 11.6 Å². The molecule has 0 saturated heterocycles. The van der Waals surface area contributed by atoms with Gasteiger partial charge in [-0.05, 0) is 12.8 Å². The van der Waals surface area contributed by atoms with Crippen molar-refractivity contribution in [3.8, 4) is 0 Å². The van der Waals surface area contributed by atoms with E-state index in [0.717, 1.165) is 18.5 Å². The molecule has 0 amide bonds. The highest BCUT2D eigenvalue weighted by Gasteiger charge is 2.46. The minimum absolute atomic E-state index is 0.424. The number of hydrogen-bond donors (Lipinski definition) is 1. The highest BCUT2D eigenvalue weighted by molar-refractivity contribution is 6.30. The topological polar surface area (TPSA) is 38.0 Å². The molecule has 1 aromatic rings. The van der Waals surface area contributed by atoms with Crippen LogP contribution in [0.2, 0.25) is 5.15 Å². The molecule has 2 rings (SSSR count). The van der Waals surface area contributed by atoms with E-state index in [9.17, 15) is 5.11 Å². The van der Waals surface area contributed by atoms with Gasteiger partial charge in [0.1, 0.15) is 5.60 Å². The Balaban J connectivity index is 2.50. The maximum absolute atomic E-state index is 9.71. The summed E-state index contributed by atoms with van der Waals surface area (Å²) in [5.41, 5.74) is 0.0710. The van der Waals surface area contributed by atoms with E-state index < -0.39 is 5.60 Å². The lowest BCUT2D eigenvalue weighted by Gasteiger charge is -2.07. The zero-order valence-corrected chi connectivity index (χ0v) is 6.97. The van der Waals surface area contributed by atoms with Crippen LogP contribution in [0.15, 0.2) is 6.33 Å². The first-order valence-corrected chi connectivity index (χ1v) is 3.91. The van der Waals surface area contributed by atoms with Crippen LogP contribution in [-0.2, 0) is 12.6 Å². The zero-order chi connectivity index (χ0) is 8.06. The summed E-state index contributed by atoms with van der Waals surface area (Å²) in [6.07, 6.45) is 3.21. The van der Waals surface area contributed by atoms with Crippen LogP contribution in [0.3, 0.4) is 0 Å². The van der Waals surface area contributed by atoms with Gasteiger partial charge < -0.3 is 9.67 Å². The van der Waals surface area contributed by atoms with Crippen LogP contribution in [0.4, 0.5) is 0 Å². The van der Waals surface area contributed by atoms with Gasteiger partial charge in [-0.3, -0.25) is 0 Å². The first-order valence-electron chi connectivity index (χ1n) is 3.53. The molecule has 1 fully saturated rings. The lowest BCUT2D eigenvalue weighted by molar-refractivity contribution is 0.143. The van der Waals surface area contributed by atoms with Crippen LogP contribution in [0, 0.1) is 0 Å². The van der Waals surface area contributed by atoms with Crippen LogP contribution in [0.1, 0.15) is 18.5 Å². The van der Waals surface area contributed by atoms with Gasteiger partial charge in [0.2, 0.25) is 0 Å². The lowest BCUT2D eigenvalue weighted by atomic mass is 10.2. The van der Waals surface area contributed by atoms with E-state index in [1.165, 1.54) is 0 Å². The lowest BCUT2D eigenvalue weighted by Crippen LogP contribution is -2.10. The second kappa shape index (κ2) is 1.99. The van der Waals surface area contributed by atoms with Gasteiger partial charge in [-0.1, -0.05) is 11.6 Å². The van der Waals surface area contributed by atoms with Crippen molar-refractivity contribution < 1.29 is 5.11 Å². The second-order valence-corrected chi connectivity index (χ2v) is 3.38. The normalized spacial score (nSPS) is 20.3. The maximum Gasteiger partial charge on any atom is 0.153 e. The summed E-state index contributed by atoms with van der Waals surface area (Å²) in [7, 11) is 1.84. The summed E-state index contributed by atoms with van der Waals surface area (Å²) in [5, 5.41) is 10.1. The monoisotopic (exact) mass is 172 g/mol. The number of nitrogens with zero attached hydrogens (tertiary/aromatic N) is 2. The highest BCUT2D eigenvalue weighted by Crippen LogP contribution is 2.47. The molecule has 0 bridgehead atoms. The molecule has 1 saturated carbocycles. The second-order valence-electron chi connectivity index (χ2n) is 3.03. The van der Waals surface area contributed by atoms with Crippen LogP contribution in [0.25, 0.3) is 0 Å². The van der Waals surface area contributed by atoms with Gasteiger partial charge in [-0.2, -0.15) is 0 Å². The molecule has 1 aromatic heterocycles. The van der Waals surface area contributed by atoms with E-state index in [-0.39, 0.29) is 0 Å². The Morgan fingerprint density at radius 2 is 2.36 bits per heavy atom. The molecule has 0 aliphatic heterocycles. The SMILES string of the molecule is Cn1cnc(Cl)c1C1(O)CC1. The summed E-state index contributed by atoms with van der Waals surface area (Å²) in [6, 6.07) is 0. The Labute approximate surface area is 69.6 Å². The molecule has 1 heterocycles. The van der Waals surface area contributed by atoms with Gasteiger partial charge in [0.15, 0.2) is 5.15 Å². The minimum atomic E-state index is -0.678. The van der Waals surface area contributed by atoms with Crippen molar-refractivity contribution >= 4 is 11.6 Å². The predicted octanol–water partition coefficient (Wildman–Crippen LogP) is 1.05. The van der Waals surface area contributed by atoms with E-state index in [1.54, 1.807) is 10.9 Å². The number of imidazole rings is 1. The average Bonchev–Trinajstić information content (AvgIpc) is 2.56. The molecule has 11 heavy (non-hydrogen) atoms.